The van der Waals surface area contributed by atoms with Crippen LogP contribution in [0.5, 0.6) is 0 Å². The van der Waals surface area contributed by atoms with E-state index in [1.807, 2.05) is 24.3 Å². The maximum absolute atomic E-state index is 12.5. The zero-order valence-corrected chi connectivity index (χ0v) is 12.3. The molecule has 0 fully saturated rings. The van der Waals surface area contributed by atoms with Crippen molar-refractivity contribution in [3.8, 4) is 0 Å². The van der Waals surface area contributed by atoms with Crippen LogP contribution in [-0.4, -0.2) is 51.3 Å². The van der Waals surface area contributed by atoms with Crippen molar-refractivity contribution in [3.63, 3.8) is 0 Å². The van der Waals surface area contributed by atoms with Crippen LogP contribution >= 0.6 is 0 Å². The van der Waals surface area contributed by atoms with Gasteiger partial charge in [0.15, 0.2) is 0 Å². The Morgan fingerprint density at radius 3 is 2.60 bits per heavy atom. The van der Waals surface area contributed by atoms with Gasteiger partial charge in [0.2, 0.25) is 0 Å². The summed E-state index contributed by atoms with van der Waals surface area (Å²) in [6.45, 7) is 2.83. The van der Waals surface area contributed by atoms with Crippen LogP contribution in [0.2, 0.25) is 0 Å². The van der Waals surface area contributed by atoms with Gasteiger partial charge in [-0.2, -0.15) is 0 Å². The normalized spacial score (nSPS) is 10.6. The second-order valence-corrected chi connectivity index (χ2v) is 4.54. The highest BCUT2D eigenvalue weighted by atomic mass is 16.5. The zero-order chi connectivity index (χ0) is 14.8. The topological polar surface area (TPSA) is 64.8 Å². The van der Waals surface area contributed by atoms with E-state index in [1.54, 1.807) is 19.1 Å². The van der Waals surface area contributed by atoms with Gasteiger partial charge in [-0.05, 0) is 24.1 Å². The molecular formula is C15H24N2O3. The van der Waals surface area contributed by atoms with E-state index in [0.29, 0.717) is 38.4 Å². The Morgan fingerprint density at radius 1 is 1.20 bits per heavy atom. The van der Waals surface area contributed by atoms with E-state index < -0.39 is 0 Å². The first-order chi connectivity index (χ1) is 9.72. The van der Waals surface area contributed by atoms with Crippen molar-refractivity contribution in [1.82, 2.24) is 4.90 Å². The number of hydrogen-bond acceptors (Lipinski definition) is 4. The van der Waals surface area contributed by atoms with Gasteiger partial charge >= 0.3 is 0 Å². The van der Waals surface area contributed by atoms with Crippen molar-refractivity contribution < 1.29 is 14.3 Å². The number of methoxy groups -OCH3 is 2. The summed E-state index contributed by atoms with van der Waals surface area (Å²) < 4.78 is 10.1. The van der Waals surface area contributed by atoms with Gasteiger partial charge in [-0.1, -0.05) is 12.1 Å². The number of carbonyl (C=O) groups excluding carboxylic acids is 1. The Balaban J connectivity index is 2.73. The van der Waals surface area contributed by atoms with Crippen LogP contribution in [0.25, 0.3) is 0 Å². The Hall–Kier alpha value is -1.43. The zero-order valence-electron chi connectivity index (χ0n) is 12.3. The fourth-order valence-corrected chi connectivity index (χ4v) is 1.93. The van der Waals surface area contributed by atoms with Crippen LogP contribution in [-0.2, 0) is 16.0 Å². The van der Waals surface area contributed by atoms with E-state index in [2.05, 4.69) is 0 Å². The summed E-state index contributed by atoms with van der Waals surface area (Å²) >= 11 is 0. The van der Waals surface area contributed by atoms with Crippen LogP contribution in [0.15, 0.2) is 24.3 Å². The Labute approximate surface area is 120 Å². The number of ether oxygens (including phenoxy) is 2. The third-order valence-corrected chi connectivity index (χ3v) is 3.04. The van der Waals surface area contributed by atoms with Crippen molar-refractivity contribution in [2.24, 2.45) is 5.73 Å². The Kier molecular flexibility index (Phi) is 7.87. The molecule has 0 bridgehead atoms. The number of benzene rings is 1. The van der Waals surface area contributed by atoms with Crippen molar-refractivity contribution in [2.45, 2.75) is 13.0 Å². The summed E-state index contributed by atoms with van der Waals surface area (Å²) in [5, 5.41) is 0. The molecule has 0 saturated carbocycles. The van der Waals surface area contributed by atoms with E-state index in [-0.39, 0.29) is 5.91 Å². The standard InChI is InChI=1S/C15H24N2O3/c1-19-9-4-7-17(8-10-20-2)15(18)14-6-3-5-13(11-14)12-16/h3,5-6,11H,4,7-10,12,16H2,1-2H3. The lowest BCUT2D eigenvalue weighted by atomic mass is 10.1. The number of nitrogens with two attached hydrogens (primary N) is 1. The van der Waals surface area contributed by atoms with Crippen molar-refractivity contribution >= 4 is 5.91 Å². The van der Waals surface area contributed by atoms with Crippen LogP contribution in [0.3, 0.4) is 0 Å². The molecule has 0 spiro atoms. The minimum absolute atomic E-state index is 0.00783. The Morgan fingerprint density at radius 2 is 1.95 bits per heavy atom. The summed E-state index contributed by atoms with van der Waals surface area (Å²) in [4.78, 5) is 14.3. The van der Waals surface area contributed by atoms with Gasteiger partial charge in [-0.25, -0.2) is 0 Å². The number of carbonyl (C=O) groups is 1. The molecule has 0 aliphatic heterocycles. The van der Waals surface area contributed by atoms with E-state index >= 15 is 0 Å². The molecule has 5 nitrogen and oxygen atoms in total. The molecule has 1 aromatic carbocycles. The molecule has 0 aliphatic rings. The van der Waals surface area contributed by atoms with Crippen molar-refractivity contribution in [1.29, 1.82) is 0 Å². The fraction of sp³-hybridized carbons (Fsp3) is 0.533. The third kappa shape index (κ3) is 5.28. The summed E-state index contributed by atoms with van der Waals surface area (Å²) in [7, 11) is 3.29. The summed E-state index contributed by atoms with van der Waals surface area (Å²) in [5.74, 6) is 0.00783. The first-order valence-electron chi connectivity index (χ1n) is 6.79. The van der Waals surface area contributed by atoms with Crippen molar-refractivity contribution in [3.05, 3.63) is 35.4 Å². The maximum Gasteiger partial charge on any atom is 0.253 e. The number of rotatable bonds is 9. The molecule has 1 amide bonds. The molecule has 0 heterocycles. The first kappa shape index (κ1) is 16.6. The second kappa shape index (κ2) is 9.47. The average molecular weight is 280 g/mol. The molecule has 0 radical (unpaired) electrons. The molecule has 20 heavy (non-hydrogen) atoms. The van der Waals surface area contributed by atoms with Gasteiger partial charge < -0.3 is 20.1 Å². The highest BCUT2D eigenvalue weighted by Gasteiger charge is 2.15. The van der Waals surface area contributed by atoms with Gasteiger partial charge in [0.05, 0.1) is 6.61 Å². The van der Waals surface area contributed by atoms with Crippen LogP contribution in [0, 0.1) is 0 Å². The third-order valence-electron chi connectivity index (χ3n) is 3.04. The van der Waals surface area contributed by atoms with Gasteiger partial charge in [-0.3, -0.25) is 4.79 Å². The maximum atomic E-state index is 12.5. The van der Waals surface area contributed by atoms with E-state index in [9.17, 15) is 4.79 Å². The molecule has 0 saturated heterocycles. The summed E-state index contributed by atoms with van der Waals surface area (Å²) in [6.07, 6.45) is 0.808. The number of amides is 1. The molecule has 112 valence electrons. The van der Waals surface area contributed by atoms with Gasteiger partial charge in [0.1, 0.15) is 0 Å². The van der Waals surface area contributed by atoms with E-state index in [4.69, 9.17) is 15.2 Å². The first-order valence-corrected chi connectivity index (χ1v) is 6.79. The largest absolute Gasteiger partial charge is 0.385 e. The van der Waals surface area contributed by atoms with Crippen LogP contribution in [0.1, 0.15) is 22.3 Å². The summed E-state index contributed by atoms with van der Waals surface area (Å²) in [5.41, 5.74) is 7.24. The molecule has 0 aromatic heterocycles. The van der Waals surface area contributed by atoms with E-state index in [1.165, 1.54) is 0 Å². The number of nitrogens with zero attached hydrogens (tertiary/aromatic N) is 1. The van der Waals surface area contributed by atoms with Crippen molar-refractivity contribution in [2.75, 3.05) is 40.5 Å². The molecule has 0 aliphatic carbocycles. The predicted octanol–water partition coefficient (Wildman–Crippen LogP) is 1.27. The Bertz CT molecular complexity index is 410. The quantitative estimate of drug-likeness (QED) is 0.692. The van der Waals surface area contributed by atoms with E-state index in [0.717, 1.165) is 12.0 Å². The molecule has 1 rings (SSSR count). The SMILES string of the molecule is COCCCN(CCOC)C(=O)c1cccc(CN)c1. The molecule has 0 atom stereocenters. The smallest absolute Gasteiger partial charge is 0.253 e. The van der Waals surface area contributed by atoms with Crippen LogP contribution < -0.4 is 5.73 Å². The van der Waals surface area contributed by atoms with Gasteiger partial charge in [0.25, 0.3) is 5.91 Å². The fourth-order valence-electron chi connectivity index (χ4n) is 1.93. The number of hydrogen-bond donors (Lipinski definition) is 1. The van der Waals surface area contributed by atoms with Gasteiger partial charge in [-0.15, -0.1) is 0 Å². The predicted molar refractivity (Wildman–Crippen MR) is 78.6 cm³/mol. The molecule has 0 unspecified atom stereocenters. The second-order valence-electron chi connectivity index (χ2n) is 4.54. The minimum atomic E-state index is 0.00783. The minimum Gasteiger partial charge on any atom is -0.385 e. The summed E-state index contributed by atoms with van der Waals surface area (Å²) in [6, 6.07) is 7.44. The van der Waals surface area contributed by atoms with Crippen LogP contribution in [0.4, 0.5) is 0 Å². The lowest BCUT2D eigenvalue weighted by Crippen LogP contribution is -2.35. The molecular weight excluding hydrogens is 256 g/mol. The average Bonchev–Trinajstić information content (AvgIpc) is 2.50. The monoisotopic (exact) mass is 280 g/mol. The highest BCUT2D eigenvalue weighted by Crippen LogP contribution is 2.09. The highest BCUT2D eigenvalue weighted by molar-refractivity contribution is 5.94. The lowest BCUT2D eigenvalue weighted by Gasteiger charge is -2.22. The lowest BCUT2D eigenvalue weighted by molar-refractivity contribution is 0.0674. The molecule has 1 aromatic rings. The molecule has 5 heteroatoms. The van der Waals surface area contributed by atoms with Gasteiger partial charge in [0, 0.05) is 46.0 Å². The molecule has 2 N–H and O–H groups in total.